The van der Waals surface area contributed by atoms with Crippen LogP contribution in [0.25, 0.3) is 0 Å². The molecule has 0 radical (unpaired) electrons. The summed E-state index contributed by atoms with van der Waals surface area (Å²) in [6.45, 7) is 2.29. The van der Waals surface area contributed by atoms with E-state index in [1.807, 2.05) is 7.11 Å². The van der Waals surface area contributed by atoms with Crippen LogP contribution in [0.5, 0.6) is 0 Å². The quantitative estimate of drug-likeness (QED) is 0.483. The van der Waals surface area contributed by atoms with E-state index in [1.165, 1.54) is 89.9 Å². The van der Waals surface area contributed by atoms with Gasteiger partial charge in [-0.1, -0.05) is 77.6 Å². The Morgan fingerprint density at radius 3 is 2.00 bits per heavy atom. The van der Waals surface area contributed by atoms with Crippen LogP contribution in [0.1, 0.15) is 96.8 Å². The number of hydrogen-bond donors (Lipinski definition) is 1. The Kier molecular flexibility index (Phi) is 10.4. The van der Waals surface area contributed by atoms with Gasteiger partial charge in [0.25, 0.3) is 0 Å². The molecule has 0 aromatic carbocycles. The first-order valence-corrected chi connectivity index (χ1v) is 9.51. The normalized spacial score (nSPS) is 19.6. The fourth-order valence-electron chi connectivity index (χ4n) is 4.00. The van der Waals surface area contributed by atoms with Crippen molar-refractivity contribution in [1.82, 2.24) is 5.32 Å². The first-order chi connectivity index (χ1) is 10.3. The largest absolute Gasteiger partial charge is 0.377 e. The van der Waals surface area contributed by atoms with Crippen molar-refractivity contribution in [3.63, 3.8) is 0 Å². The molecule has 0 aromatic heterocycles. The highest BCUT2D eigenvalue weighted by Crippen LogP contribution is 2.35. The Morgan fingerprint density at radius 1 is 0.905 bits per heavy atom. The van der Waals surface area contributed by atoms with Crippen LogP contribution in [0.4, 0.5) is 0 Å². The molecule has 2 nitrogen and oxygen atoms in total. The third-order valence-corrected chi connectivity index (χ3v) is 5.44. The predicted molar refractivity (Wildman–Crippen MR) is 92.9 cm³/mol. The van der Waals surface area contributed by atoms with Crippen molar-refractivity contribution in [2.45, 2.75) is 108 Å². The minimum Gasteiger partial charge on any atom is -0.377 e. The highest BCUT2D eigenvalue weighted by molar-refractivity contribution is 4.94. The molecular formula is C19H39NO. The zero-order valence-electron chi connectivity index (χ0n) is 14.9. The second kappa shape index (κ2) is 11.5. The molecule has 0 amide bonds. The van der Waals surface area contributed by atoms with Gasteiger partial charge in [-0.25, -0.2) is 0 Å². The van der Waals surface area contributed by atoms with E-state index in [4.69, 9.17) is 4.74 Å². The first kappa shape index (κ1) is 19.0. The predicted octanol–water partition coefficient (Wildman–Crippen LogP) is 5.45. The highest BCUT2D eigenvalue weighted by atomic mass is 16.5. The van der Waals surface area contributed by atoms with E-state index in [0.717, 1.165) is 0 Å². The standard InChI is InChI=1S/C19H39NO/c1-4-5-6-7-8-9-10-12-15-18(20-2)19(21-3)16-13-11-14-17-19/h18,20H,4-17H2,1-3H3. The molecule has 1 fully saturated rings. The monoisotopic (exact) mass is 297 g/mol. The molecule has 1 aliphatic carbocycles. The van der Waals surface area contributed by atoms with E-state index < -0.39 is 0 Å². The first-order valence-electron chi connectivity index (χ1n) is 9.51. The number of methoxy groups -OCH3 is 1. The Balaban J connectivity index is 2.18. The van der Waals surface area contributed by atoms with Crippen LogP contribution in [0.2, 0.25) is 0 Å². The Morgan fingerprint density at radius 2 is 1.48 bits per heavy atom. The number of ether oxygens (including phenoxy) is 1. The lowest BCUT2D eigenvalue weighted by Crippen LogP contribution is -2.52. The zero-order chi connectivity index (χ0) is 15.4. The molecule has 1 rings (SSSR count). The van der Waals surface area contributed by atoms with Gasteiger partial charge >= 0.3 is 0 Å². The van der Waals surface area contributed by atoms with Crippen LogP contribution in [-0.2, 0) is 4.74 Å². The second-order valence-corrected chi connectivity index (χ2v) is 6.93. The third-order valence-electron chi connectivity index (χ3n) is 5.44. The lowest BCUT2D eigenvalue weighted by Gasteiger charge is -2.42. The van der Waals surface area contributed by atoms with Gasteiger partial charge in [-0.2, -0.15) is 0 Å². The average Bonchev–Trinajstić information content (AvgIpc) is 2.54. The van der Waals surface area contributed by atoms with Crippen LogP contribution in [-0.4, -0.2) is 25.8 Å². The number of hydrogen-bond acceptors (Lipinski definition) is 2. The summed E-state index contributed by atoms with van der Waals surface area (Å²) in [7, 11) is 4.04. The van der Waals surface area contributed by atoms with Gasteiger partial charge in [-0.3, -0.25) is 0 Å². The molecule has 2 heteroatoms. The van der Waals surface area contributed by atoms with Gasteiger partial charge in [0.05, 0.1) is 5.60 Å². The van der Waals surface area contributed by atoms with Crippen molar-refractivity contribution in [1.29, 1.82) is 0 Å². The fourth-order valence-corrected chi connectivity index (χ4v) is 4.00. The van der Waals surface area contributed by atoms with Crippen LogP contribution >= 0.6 is 0 Å². The summed E-state index contributed by atoms with van der Waals surface area (Å²) >= 11 is 0. The smallest absolute Gasteiger partial charge is 0.0830 e. The number of unbranched alkanes of at least 4 members (excludes halogenated alkanes) is 7. The maximum Gasteiger partial charge on any atom is 0.0830 e. The van der Waals surface area contributed by atoms with Crippen molar-refractivity contribution in [2.24, 2.45) is 0 Å². The molecule has 1 saturated carbocycles. The van der Waals surface area contributed by atoms with Gasteiger partial charge in [0, 0.05) is 13.2 Å². The molecular weight excluding hydrogens is 258 g/mol. The van der Waals surface area contributed by atoms with Crippen molar-refractivity contribution in [3.05, 3.63) is 0 Å². The van der Waals surface area contributed by atoms with E-state index in [2.05, 4.69) is 19.3 Å². The van der Waals surface area contributed by atoms with E-state index in [9.17, 15) is 0 Å². The van der Waals surface area contributed by atoms with Crippen LogP contribution in [0, 0.1) is 0 Å². The third kappa shape index (κ3) is 6.69. The Labute approximate surface area is 133 Å². The summed E-state index contributed by atoms with van der Waals surface area (Å²) in [6.07, 6.45) is 19.0. The lowest BCUT2D eigenvalue weighted by molar-refractivity contribution is -0.0681. The molecule has 0 heterocycles. The molecule has 0 bridgehead atoms. The van der Waals surface area contributed by atoms with Gasteiger partial charge in [-0.15, -0.1) is 0 Å². The molecule has 1 unspecified atom stereocenters. The average molecular weight is 298 g/mol. The lowest BCUT2D eigenvalue weighted by atomic mass is 9.77. The second-order valence-electron chi connectivity index (χ2n) is 6.93. The number of nitrogens with one attached hydrogen (secondary N) is 1. The van der Waals surface area contributed by atoms with E-state index >= 15 is 0 Å². The zero-order valence-corrected chi connectivity index (χ0v) is 14.9. The van der Waals surface area contributed by atoms with Gasteiger partial charge in [0.15, 0.2) is 0 Å². The maximum absolute atomic E-state index is 5.99. The molecule has 0 spiro atoms. The molecule has 1 atom stereocenters. The minimum absolute atomic E-state index is 0.119. The van der Waals surface area contributed by atoms with E-state index in [0.29, 0.717) is 6.04 Å². The summed E-state index contributed by atoms with van der Waals surface area (Å²) < 4.78 is 5.99. The van der Waals surface area contributed by atoms with Gasteiger partial charge in [-0.05, 0) is 26.3 Å². The molecule has 21 heavy (non-hydrogen) atoms. The number of rotatable bonds is 12. The van der Waals surface area contributed by atoms with Crippen molar-refractivity contribution in [3.8, 4) is 0 Å². The summed E-state index contributed by atoms with van der Waals surface area (Å²) in [5, 5.41) is 3.56. The Hall–Kier alpha value is -0.0800. The van der Waals surface area contributed by atoms with Crippen molar-refractivity contribution < 1.29 is 4.74 Å². The van der Waals surface area contributed by atoms with Crippen LogP contribution in [0.3, 0.4) is 0 Å². The highest BCUT2D eigenvalue weighted by Gasteiger charge is 2.38. The molecule has 1 aliphatic rings. The fraction of sp³-hybridized carbons (Fsp3) is 1.00. The van der Waals surface area contributed by atoms with Gasteiger partial charge < -0.3 is 10.1 Å². The summed E-state index contributed by atoms with van der Waals surface area (Å²) in [6, 6.07) is 0.544. The summed E-state index contributed by atoms with van der Waals surface area (Å²) in [5.74, 6) is 0. The van der Waals surface area contributed by atoms with E-state index in [1.54, 1.807) is 0 Å². The summed E-state index contributed by atoms with van der Waals surface area (Å²) in [4.78, 5) is 0. The van der Waals surface area contributed by atoms with Gasteiger partial charge in [0.1, 0.15) is 0 Å². The van der Waals surface area contributed by atoms with Crippen molar-refractivity contribution >= 4 is 0 Å². The topological polar surface area (TPSA) is 21.3 Å². The van der Waals surface area contributed by atoms with Crippen LogP contribution < -0.4 is 5.32 Å². The SMILES string of the molecule is CCCCCCCCCCC(NC)C1(OC)CCCCC1. The van der Waals surface area contributed by atoms with Gasteiger partial charge in [0.2, 0.25) is 0 Å². The molecule has 0 aliphatic heterocycles. The molecule has 0 saturated heterocycles. The minimum atomic E-state index is 0.119. The molecule has 1 N–H and O–H groups in total. The summed E-state index contributed by atoms with van der Waals surface area (Å²) in [5.41, 5.74) is 0.119. The van der Waals surface area contributed by atoms with Crippen LogP contribution in [0.15, 0.2) is 0 Å². The maximum atomic E-state index is 5.99. The Bertz CT molecular complexity index is 236. The number of likely N-dealkylation sites (N-methyl/N-ethyl adjacent to an activating group) is 1. The van der Waals surface area contributed by atoms with Crippen molar-refractivity contribution in [2.75, 3.05) is 14.2 Å². The van der Waals surface area contributed by atoms with E-state index in [-0.39, 0.29) is 5.60 Å². The molecule has 126 valence electrons. The molecule has 0 aromatic rings.